The summed E-state index contributed by atoms with van der Waals surface area (Å²) >= 11 is 5.67. The predicted molar refractivity (Wildman–Crippen MR) is 75.8 cm³/mol. The quantitative estimate of drug-likeness (QED) is 0.754. The predicted octanol–water partition coefficient (Wildman–Crippen LogP) is 3.52. The molecule has 116 valence electrons. The van der Waals surface area contributed by atoms with Crippen molar-refractivity contribution in [2.45, 2.75) is 32.2 Å². The number of ether oxygens (including phenoxy) is 1. The topological polar surface area (TPSA) is 75.6 Å². The number of carboxylic acids is 1. The molecule has 0 aliphatic rings. The van der Waals surface area contributed by atoms with E-state index in [1.807, 2.05) is 6.92 Å². The molecule has 0 aromatic heterocycles. The van der Waals surface area contributed by atoms with Gasteiger partial charge in [-0.1, -0.05) is 31.0 Å². The maximum absolute atomic E-state index is 13.1. The molecule has 0 aliphatic heterocycles. The Kier molecular flexibility index (Phi) is 6.94. The molecule has 21 heavy (non-hydrogen) atoms. The molecule has 7 heteroatoms. The summed E-state index contributed by atoms with van der Waals surface area (Å²) in [7, 11) is 0. The lowest BCUT2D eigenvalue weighted by atomic mass is 10.0. The lowest BCUT2D eigenvalue weighted by Crippen LogP contribution is -2.31. The number of hydrogen-bond acceptors (Lipinski definition) is 3. The summed E-state index contributed by atoms with van der Waals surface area (Å²) < 4.78 is 18.1. The van der Waals surface area contributed by atoms with Crippen molar-refractivity contribution < 1.29 is 23.8 Å². The van der Waals surface area contributed by atoms with Gasteiger partial charge in [0.25, 0.3) is 0 Å². The highest BCUT2D eigenvalue weighted by Crippen LogP contribution is 2.23. The van der Waals surface area contributed by atoms with Crippen molar-refractivity contribution in [1.29, 1.82) is 0 Å². The summed E-state index contributed by atoms with van der Waals surface area (Å²) in [4.78, 5) is 22.5. The highest BCUT2D eigenvalue weighted by molar-refractivity contribution is 6.30. The first kappa shape index (κ1) is 17.2. The number of alkyl carbamates (subject to hydrolysis) is 1. The number of rotatable bonds is 7. The first-order chi connectivity index (χ1) is 9.93. The van der Waals surface area contributed by atoms with E-state index in [0.29, 0.717) is 5.56 Å². The molecule has 1 amide bonds. The lowest BCUT2D eigenvalue weighted by Gasteiger charge is -2.17. The van der Waals surface area contributed by atoms with Crippen LogP contribution in [-0.2, 0) is 9.53 Å². The van der Waals surface area contributed by atoms with Gasteiger partial charge in [-0.15, -0.1) is 0 Å². The highest BCUT2D eigenvalue weighted by atomic mass is 35.5. The van der Waals surface area contributed by atoms with Crippen LogP contribution in [0.5, 0.6) is 0 Å². The number of nitrogens with one attached hydrogen (secondary N) is 1. The molecule has 1 aromatic carbocycles. The number of hydrogen-bond donors (Lipinski definition) is 2. The first-order valence-electron chi connectivity index (χ1n) is 6.54. The molecule has 1 atom stereocenters. The molecular formula is C14H17ClFNO4. The van der Waals surface area contributed by atoms with Gasteiger partial charge in [0.15, 0.2) is 0 Å². The Morgan fingerprint density at radius 3 is 2.76 bits per heavy atom. The van der Waals surface area contributed by atoms with Crippen LogP contribution in [0.25, 0.3) is 0 Å². The zero-order valence-electron chi connectivity index (χ0n) is 11.6. The first-order valence-corrected chi connectivity index (χ1v) is 6.91. The van der Waals surface area contributed by atoms with Crippen molar-refractivity contribution in [3.63, 3.8) is 0 Å². The molecule has 0 spiro atoms. The van der Waals surface area contributed by atoms with Gasteiger partial charge in [0.1, 0.15) is 5.82 Å². The maximum Gasteiger partial charge on any atom is 0.407 e. The summed E-state index contributed by atoms with van der Waals surface area (Å²) in [6.07, 6.45) is 0.527. The second kappa shape index (κ2) is 8.46. The average Bonchev–Trinajstić information content (AvgIpc) is 2.41. The minimum atomic E-state index is -1.10. The zero-order valence-corrected chi connectivity index (χ0v) is 12.3. The van der Waals surface area contributed by atoms with Crippen LogP contribution in [0.4, 0.5) is 9.18 Å². The molecule has 0 aliphatic carbocycles. The largest absolute Gasteiger partial charge is 0.481 e. The Morgan fingerprint density at radius 1 is 1.48 bits per heavy atom. The molecule has 0 saturated carbocycles. The standard InChI is InChI=1S/C14H17ClFNO4/c1-2-3-6-21-14(20)17-12(8-13(18)19)9-4-5-11(16)10(15)7-9/h4-5,7,12H,2-3,6,8H2,1H3,(H,17,20)(H,18,19). The average molecular weight is 318 g/mol. The number of benzene rings is 1. The van der Waals surface area contributed by atoms with E-state index in [1.165, 1.54) is 12.1 Å². The number of carbonyl (C=O) groups excluding carboxylic acids is 1. The Bertz CT molecular complexity index is 510. The molecule has 0 bridgehead atoms. The van der Waals surface area contributed by atoms with E-state index in [4.69, 9.17) is 21.4 Å². The van der Waals surface area contributed by atoms with Gasteiger partial charge in [0, 0.05) is 0 Å². The number of carbonyl (C=O) groups is 2. The fourth-order valence-corrected chi connectivity index (χ4v) is 1.84. The molecule has 1 rings (SSSR count). The summed E-state index contributed by atoms with van der Waals surface area (Å²) in [6.45, 7) is 2.21. The van der Waals surface area contributed by atoms with Crippen LogP contribution in [0.3, 0.4) is 0 Å². The molecule has 0 radical (unpaired) electrons. The monoisotopic (exact) mass is 317 g/mol. The molecule has 1 unspecified atom stereocenters. The van der Waals surface area contributed by atoms with Crippen LogP contribution in [-0.4, -0.2) is 23.8 Å². The van der Waals surface area contributed by atoms with E-state index in [0.717, 1.165) is 18.9 Å². The number of amides is 1. The Morgan fingerprint density at radius 2 is 2.19 bits per heavy atom. The summed E-state index contributed by atoms with van der Waals surface area (Å²) in [5.74, 6) is -1.71. The molecule has 5 nitrogen and oxygen atoms in total. The molecule has 2 N–H and O–H groups in total. The number of aliphatic carboxylic acids is 1. The van der Waals surface area contributed by atoms with Gasteiger partial charge in [0.05, 0.1) is 24.1 Å². The zero-order chi connectivity index (χ0) is 15.8. The van der Waals surface area contributed by atoms with Gasteiger partial charge in [-0.05, 0) is 24.1 Å². The minimum Gasteiger partial charge on any atom is -0.481 e. The smallest absolute Gasteiger partial charge is 0.407 e. The Balaban J connectivity index is 2.77. The van der Waals surface area contributed by atoms with Gasteiger partial charge >= 0.3 is 12.1 Å². The van der Waals surface area contributed by atoms with Crippen LogP contribution in [0.15, 0.2) is 18.2 Å². The van der Waals surface area contributed by atoms with E-state index in [2.05, 4.69) is 5.32 Å². The highest BCUT2D eigenvalue weighted by Gasteiger charge is 2.19. The third-order valence-corrected chi connectivity index (χ3v) is 3.04. The lowest BCUT2D eigenvalue weighted by molar-refractivity contribution is -0.137. The van der Waals surface area contributed by atoms with E-state index in [1.54, 1.807) is 0 Å². The van der Waals surface area contributed by atoms with Gasteiger partial charge in [0.2, 0.25) is 0 Å². The van der Waals surface area contributed by atoms with E-state index in [9.17, 15) is 14.0 Å². The van der Waals surface area contributed by atoms with Crippen molar-refractivity contribution >= 4 is 23.7 Å². The van der Waals surface area contributed by atoms with E-state index >= 15 is 0 Å². The van der Waals surface area contributed by atoms with Crippen LogP contribution in [0, 0.1) is 5.82 Å². The normalized spacial score (nSPS) is 11.8. The molecule has 0 fully saturated rings. The van der Waals surface area contributed by atoms with Crippen molar-refractivity contribution in [1.82, 2.24) is 5.32 Å². The summed E-state index contributed by atoms with van der Waals surface area (Å²) in [5.41, 5.74) is 0.399. The van der Waals surface area contributed by atoms with E-state index in [-0.39, 0.29) is 18.1 Å². The fraction of sp³-hybridized carbons (Fsp3) is 0.429. The summed E-state index contributed by atoms with van der Waals surface area (Å²) in [5, 5.41) is 11.2. The molecule has 0 heterocycles. The third-order valence-electron chi connectivity index (χ3n) is 2.75. The van der Waals surface area contributed by atoms with Crippen molar-refractivity contribution in [3.05, 3.63) is 34.6 Å². The number of halogens is 2. The minimum absolute atomic E-state index is 0.135. The fourth-order valence-electron chi connectivity index (χ4n) is 1.65. The van der Waals surface area contributed by atoms with Crippen molar-refractivity contribution in [2.75, 3.05) is 6.61 Å². The second-order valence-electron chi connectivity index (χ2n) is 4.46. The van der Waals surface area contributed by atoms with Crippen LogP contribution in [0.2, 0.25) is 5.02 Å². The van der Waals surface area contributed by atoms with Crippen molar-refractivity contribution in [3.8, 4) is 0 Å². The van der Waals surface area contributed by atoms with Gasteiger partial charge < -0.3 is 15.2 Å². The van der Waals surface area contributed by atoms with Gasteiger partial charge in [-0.25, -0.2) is 9.18 Å². The number of carboxylic acid groups (broad SMARTS) is 1. The van der Waals surface area contributed by atoms with E-state index < -0.39 is 23.9 Å². The third kappa shape index (κ3) is 5.99. The molecule has 0 saturated heterocycles. The maximum atomic E-state index is 13.1. The van der Waals surface area contributed by atoms with Crippen LogP contribution in [0.1, 0.15) is 37.8 Å². The summed E-state index contributed by atoms with van der Waals surface area (Å²) in [6, 6.07) is 2.95. The Labute approximate surface area is 127 Å². The van der Waals surface area contributed by atoms with Crippen LogP contribution >= 0.6 is 11.6 Å². The van der Waals surface area contributed by atoms with Gasteiger partial charge in [-0.2, -0.15) is 0 Å². The Hall–Kier alpha value is -1.82. The SMILES string of the molecule is CCCCOC(=O)NC(CC(=O)O)c1ccc(F)c(Cl)c1. The van der Waals surface area contributed by atoms with Gasteiger partial charge in [-0.3, -0.25) is 4.79 Å². The number of unbranched alkanes of at least 4 members (excludes halogenated alkanes) is 1. The molecular weight excluding hydrogens is 301 g/mol. The second-order valence-corrected chi connectivity index (χ2v) is 4.87. The molecule has 1 aromatic rings. The van der Waals surface area contributed by atoms with Crippen LogP contribution < -0.4 is 5.32 Å². The van der Waals surface area contributed by atoms with Crippen molar-refractivity contribution in [2.24, 2.45) is 0 Å².